The van der Waals surface area contributed by atoms with Crippen molar-refractivity contribution in [1.29, 1.82) is 0 Å². The summed E-state index contributed by atoms with van der Waals surface area (Å²) in [6.45, 7) is 0. The molecule has 3 rings (SSSR count). The molecule has 28 heavy (non-hydrogen) atoms. The Balaban J connectivity index is 0.00000280. The molecule has 3 aromatic carbocycles. The van der Waals surface area contributed by atoms with E-state index in [0.717, 1.165) is 25.4 Å². The van der Waals surface area contributed by atoms with Crippen LogP contribution in [0.25, 0.3) is 0 Å². The first-order valence-electron chi connectivity index (χ1n) is 9.50. The Morgan fingerprint density at radius 3 is 1.39 bits per heavy atom. The molecule has 0 aliphatic carbocycles. The van der Waals surface area contributed by atoms with Crippen LogP contribution in [0.1, 0.15) is 25.7 Å². The van der Waals surface area contributed by atoms with Gasteiger partial charge in [0.25, 0.3) is 0 Å². The van der Waals surface area contributed by atoms with Gasteiger partial charge in [-0.1, -0.05) is 97.4 Å². The zero-order valence-electron chi connectivity index (χ0n) is 15.9. The summed E-state index contributed by atoms with van der Waals surface area (Å²) in [6.07, 6.45) is 4.03. The van der Waals surface area contributed by atoms with Crippen LogP contribution in [0.5, 0.6) is 0 Å². The lowest BCUT2D eigenvalue weighted by Gasteiger charge is -2.38. The summed E-state index contributed by atoms with van der Waals surface area (Å²) in [6, 6.07) is 32.5. The molecule has 1 N–H and O–H groups in total. The molecule has 0 unspecified atom stereocenters. The maximum Gasteiger partial charge on any atom is 0.303 e. The number of unbranched alkanes of at least 4 members (excludes halogenated alkanes) is 2. The maximum atomic E-state index is 10.8. The number of hydrogen-bond donors (Lipinski definition) is 1. The van der Waals surface area contributed by atoms with Crippen molar-refractivity contribution in [3.63, 3.8) is 0 Å². The Bertz CT molecular complexity index is 742. The average Bonchev–Trinajstić information content (AvgIpc) is 2.73. The number of halogens is 1. The van der Waals surface area contributed by atoms with Gasteiger partial charge < -0.3 is 5.11 Å². The number of hydrogen-bond acceptors (Lipinski definition) is 1. The first kappa shape index (κ1) is 22.3. The van der Waals surface area contributed by atoms with Crippen molar-refractivity contribution in [3.05, 3.63) is 91.0 Å². The van der Waals surface area contributed by atoms with Crippen LogP contribution in [0.4, 0.5) is 0 Å². The third-order valence-electron chi connectivity index (χ3n) is 4.98. The number of aliphatic carboxylic acids is 1. The molecular weight excluding hydrogens is 431 g/mol. The zero-order chi connectivity index (χ0) is 19.0. The molecule has 3 aromatic rings. The van der Waals surface area contributed by atoms with Gasteiger partial charge in [-0.2, -0.15) is 0 Å². The molecule has 0 heterocycles. The van der Waals surface area contributed by atoms with Gasteiger partial charge in [0.2, 0.25) is 0 Å². The first-order valence-corrected chi connectivity index (χ1v) is 11.5. The Kier molecular flexibility index (Phi) is 8.89. The Morgan fingerprint density at radius 2 is 1.04 bits per heavy atom. The van der Waals surface area contributed by atoms with Crippen LogP contribution >= 0.6 is 24.2 Å². The van der Waals surface area contributed by atoms with E-state index in [4.69, 9.17) is 5.11 Å². The summed E-state index contributed by atoms with van der Waals surface area (Å²) in [7, 11) is -1.76. The van der Waals surface area contributed by atoms with E-state index in [1.165, 1.54) is 15.9 Å². The summed E-state index contributed by atoms with van der Waals surface area (Å²) >= 11 is 0. The highest BCUT2D eigenvalue weighted by Gasteiger charge is 2.33. The van der Waals surface area contributed by atoms with Crippen molar-refractivity contribution >= 4 is 46.1 Å². The van der Waals surface area contributed by atoms with E-state index in [1.54, 1.807) is 0 Å². The van der Waals surface area contributed by atoms with E-state index >= 15 is 0 Å². The SMILES string of the molecule is Br.O=C(O)CCCCC[P](c1ccccc1)(c1ccccc1)c1ccccc1. The largest absolute Gasteiger partial charge is 0.481 e. The van der Waals surface area contributed by atoms with Crippen LogP contribution in [0, 0.1) is 0 Å². The predicted molar refractivity (Wildman–Crippen MR) is 126 cm³/mol. The fourth-order valence-electron chi connectivity index (χ4n) is 3.68. The molecule has 1 radical (unpaired) electrons. The summed E-state index contributed by atoms with van der Waals surface area (Å²) in [5.74, 6) is -0.703. The highest BCUT2D eigenvalue weighted by atomic mass is 79.9. The van der Waals surface area contributed by atoms with E-state index in [9.17, 15) is 4.79 Å². The average molecular weight is 458 g/mol. The second kappa shape index (κ2) is 11.1. The molecule has 0 bridgehead atoms. The number of benzene rings is 3. The second-order valence-electron chi connectivity index (χ2n) is 6.74. The highest BCUT2D eigenvalue weighted by molar-refractivity contribution is 8.93. The highest BCUT2D eigenvalue weighted by Crippen LogP contribution is 2.55. The first-order chi connectivity index (χ1) is 13.2. The van der Waals surface area contributed by atoms with Crippen molar-refractivity contribution < 1.29 is 9.90 Å². The maximum absolute atomic E-state index is 10.8. The van der Waals surface area contributed by atoms with E-state index in [0.29, 0.717) is 0 Å². The molecule has 0 spiro atoms. The second-order valence-corrected chi connectivity index (χ2v) is 10.4. The normalized spacial score (nSPS) is 10.9. The van der Waals surface area contributed by atoms with Crippen molar-refractivity contribution in [2.45, 2.75) is 25.7 Å². The number of carboxylic acid groups (broad SMARTS) is 1. The lowest BCUT2D eigenvalue weighted by molar-refractivity contribution is -0.137. The number of carboxylic acids is 1. The van der Waals surface area contributed by atoms with Crippen LogP contribution in [-0.4, -0.2) is 17.2 Å². The third-order valence-corrected chi connectivity index (χ3v) is 9.50. The minimum Gasteiger partial charge on any atom is -0.481 e. The Morgan fingerprint density at radius 1 is 0.643 bits per heavy atom. The van der Waals surface area contributed by atoms with Gasteiger partial charge in [0.05, 0.1) is 0 Å². The van der Waals surface area contributed by atoms with Crippen molar-refractivity contribution in [3.8, 4) is 0 Å². The molecule has 2 nitrogen and oxygen atoms in total. The quantitative estimate of drug-likeness (QED) is 0.354. The smallest absolute Gasteiger partial charge is 0.303 e. The fraction of sp³-hybridized carbons (Fsp3) is 0.208. The van der Waals surface area contributed by atoms with E-state index in [1.807, 2.05) is 0 Å². The van der Waals surface area contributed by atoms with Crippen molar-refractivity contribution in [1.82, 2.24) is 0 Å². The van der Waals surface area contributed by atoms with Gasteiger partial charge >= 0.3 is 5.97 Å². The Labute approximate surface area is 178 Å². The number of rotatable bonds is 9. The summed E-state index contributed by atoms with van der Waals surface area (Å²) < 4.78 is 0. The summed E-state index contributed by atoms with van der Waals surface area (Å²) in [5, 5.41) is 13.1. The van der Waals surface area contributed by atoms with Crippen molar-refractivity contribution in [2.24, 2.45) is 0 Å². The topological polar surface area (TPSA) is 37.3 Å². The van der Waals surface area contributed by atoms with Gasteiger partial charge in [0, 0.05) is 6.42 Å². The molecular formula is C24H27BrO2P. The van der Waals surface area contributed by atoms with Crippen LogP contribution in [0.15, 0.2) is 91.0 Å². The minimum absolute atomic E-state index is 0. The molecule has 0 atom stereocenters. The fourth-order valence-corrected chi connectivity index (χ4v) is 8.09. The van der Waals surface area contributed by atoms with E-state index < -0.39 is 13.2 Å². The summed E-state index contributed by atoms with van der Waals surface area (Å²) in [4.78, 5) is 10.8. The third kappa shape index (κ3) is 5.31. The zero-order valence-corrected chi connectivity index (χ0v) is 18.5. The molecule has 4 heteroatoms. The molecule has 0 amide bonds. The van der Waals surface area contributed by atoms with Crippen LogP contribution < -0.4 is 15.9 Å². The molecule has 0 fully saturated rings. The van der Waals surface area contributed by atoms with Gasteiger partial charge in [-0.25, -0.2) is 0 Å². The van der Waals surface area contributed by atoms with E-state index in [2.05, 4.69) is 91.0 Å². The van der Waals surface area contributed by atoms with Gasteiger partial charge in [-0.15, -0.1) is 17.0 Å². The van der Waals surface area contributed by atoms with Crippen LogP contribution in [-0.2, 0) is 4.79 Å². The molecule has 0 aliphatic heterocycles. The molecule has 0 saturated carbocycles. The Hall–Kier alpha value is -1.96. The van der Waals surface area contributed by atoms with E-state index in [-0.39, 0.29) is 23.4 Å². The van der Waals surface area contributed by atoms with Gasteiger partial charge in [-0.3, -0.25) is 4.79 Å². The standard InChI is InChI=1S/C24H26O2P.BrH/c25-24(26)19-11-4-12-20-27(21-13-5-1-6-14-21,22-15-7-2-8-16-22)23-17-9-3-10-18-23;/h1-3,5-10,13-18H,4,11-12,19-20H2,(H,25,26);1H. The summed E-state index contributed by atoms with van der Waals surface area (Å²) in [5.41, 5.74) is 0. The monoisotopic (exact) mass is 457 g/mol. The minimum atomic E-state index is -1.76. The van der Waals surface area contributed by atoms with Gasteiger partial charge in [0.15, 0.2) is 0 Å². The molecule has 147 valence electrons. The van der Waals surface area contributed by atoms with Gasteiger partial charge in [-0.05, 0) is 42.2 Å². The number of carbonyl (C=O) groups is 1. The van der Waals surface area contributed by atoms with Crippen LogP contribution in [0.2, 0.25) is 0 Å². The lowest BCUT2D eigenvalue weighted by Crippen LogP contribution is -2.33. The lowest BCUT2D eigenvalue weighted by atomic mass is 10.2. The molecule has 0 aliphatic rings. The van der Waals surface area contributed by atoms with Crippen molar-refractivity contribution in [2.75, 3.05) is 6.16 Å². The predicted octanol–water partition coefficient (Wildman–Crippen LogP) is 5.20. The van der Waals surface area contributed by atoms with Crippen LogP contribution in [0.3, 0.4) is 0 Å². The molecule has 0 saturated heterocycles. The molecule has 0 aromatic heterocycles. The van der Waals surface area contributed by atoms with Gasteiger partial charge in [0.1, 0.15) is 0 Å².